The van der Waals surface area contributed by atoms with Gasteiger partial charge in [-0.15, -0.1) is 0 Å². The van der Waals surface area contributed by atoms with Gasteiger partial charge in [0, 0.05) is 26.7 Å². The fourth-order valence-electron chi connectivity index (χ4n) is 2.02. The number of carboxylic acid groups (broad SMARTS) is 1. The van der Waals surface area contributed by atoms with Crippen LogP contribution in [0.5, 0.6) is 0 Å². The topological polar surface area (TPSA) is 90.0 Å². The molecule has 108 valence electrons. The molecule has 2 N–H and O–H groups in total. The number of carbonyl (C=O) groups is 3. The molecule has 3 amide bonds. The molecule has 0 spiro atoms. The number of aliphatic carboxylic acids is 1. The first-order valence-electron chi connectivity index (χ1n) is 6.48. The maximum absolute atomic E-state index is 12.2. The number of urea groups is 1. The highest BCUT2D eigenvalue weighted by Gasteiger charge is 2.35. The standard InChI is InChI=1S/C12H21N3O4/c1-3-4-6-14(2)12(19)15-7-5-13-11(18)9(15)8-10(16)17/h9H,3-8H2,1-2H3,(H,13,18)(H,16,17). The molecule has 0 bridgehead atoms. The van der Waals surface area contributed by atoms with Crippen molar-refractivity contribution in [3.8, 4) is 0 Å². The Labute approximate surface area is 112 Å². The van der Waals surface area contributed by atoms with Gasteiger partial charge in [0.2, 0.25) is 5.91 Å². The summed E-state index contributed by atoms with van der Waals surface area (Å²) in [6.07, 6.45) is 1.49. The number of rotatable bonds is 5. The third-order valence-electron chi connectivity index (χ3n) is 3.12. The number of carboxylic acids is 1. The Morgan fingerprint density at radius 2 is 2.21 bits per heavy atom. The van der Waals surface area contributed by atoms with Crippen molar-refractivity contribution in [2.24, 2.45) is 0 Å². The van der Waals surface area contributed by atoms with Crippen LogP contribution < -0.4 is 5.32 Å². The summed E-state index contributed by atoms with van der Waals surface area (Å²) in [5.41, 5.74) is 0. The summed E-state index contributed by atoms with van der Waals surface area (Å²) < 4.78 is 0. The van der Waals surface area contributed by atoms with Gasteiger partial charge in [0.05, 0.1) is 6.42 Å². The van der Waals surface area contributed by atoms with E-state index in [4.69, 9.17) is 5.11 Å². The second-order valence-electron chi connectivity index (χ2n) is 4.66. The summed E-state index contributed by atoms with van der Waals surface area (Å²) in [6, 6.07) is -1.20. The predicted molar refractivity (Wildman–Crippen MR) is 68.7 cm³/mol. The number of amides is 3. The minimum Gasteiger partial charge on any atom is -0.481 e. The number of piperazine rings is 1. The first kappa shape index (κ1) is 15.3. The summed E-state index contributed by atoms with van der Waals surface area (Å²) in [5, 5.41) is 11.4. The molecular weight excluding hydrogens is 250 g/mol. The summed E-state index contributed by atoms with van der Waals surface area (Å²) in [6.45, 7) is 3.34. The van der Waals surface area contributed by atoms with Crippen molar-refractivity contribution < 1.29 is 19.5 Å². The van der Waals surface area contributed by atoms with Crippen molar-refractivity contribution in [3.63, 3.8) is 0 Å². The average Bonchev–Trinajstić information content (AvgIpc) is 2.37. The van der Waals surface area contributed by atoms with Crippen molar-refractivity contribution in [3.05, 3.63) is 0 Å². The van der Waals surface area contributed by atoms with Crippen molar-refractivity contribution >= 4 is 17.9 Å². The van der Waals surface area contributed by atoms with Crippen molar-refractivity contribution in [2.75, 3.05) is 26.7 Å². The SMILES string of the molecule is CCCCN(C)C(=O)N1CCNC(=O)C1CC(=O)O. The molecular formula is C12H21N3O4. The smallest absolute Gasteiger partial charge is 0.320 e. The van der Waals surface area contributed by atoms with E-state index in [-0.39, 0.29) is 12.5 Å². The van der Waals surface area contributed by atoms with Gasteiger partial charge in [-0.2, -0.15) is 0 Å². The minimum absolute atomic E-state index is 0.283. The zero-order valence-electron chi connectivity index (χ0n) is 11.4. The zero-order chi connectivity index (χ0) is 14.4. The summed E-state index contributed by atoms with van der Waals surface area (Å²) >= 11 is 0. The molecule has 0 aromatic carbocycles. The monoisotopic (exact) mass is 271 g/mol. The fourth-order valence-corrected chi connectivity index (χ4v) is 2.02. The summed E-state index contributed by atoms with van der Waals surface area (Å²) in [7, 11) is 1.67. The van der Waals surface area contributed by atoms with E-state index < -0.39 is 17.9 Å². The van der Waals surface area contributed by atoms with E-state index in [1.54, 1.807) is 7.05 Å². The van der Waals surface area contributed by atoms with Gasteiger partial charge in [0.1, 0.15) is 6.04 Å². The van der Waals surface area contributed by atoms with Gasteiger partial charge in [0.15, 0.2) is 0 Å². The minimum atomic E-state index is -1.09. The third kappa shape index (κ3) is 4.11. The fraction of sp³-hybridized carbons (Fsp3) is 0.750. The van der Waals surface area contributed by atoms with Crippen LogP contribution in [0.1, 0.15) is 26.2 Å². The number of carbonyl (C=O) groups excluding carboxylic acids is 2. The van der Waals surface area contributed by atoms with E-state index in [2.05, 4.69) is 5.32 Å². The van der Waals surface area contributed by atoms with Crippen LogP contribution in [0.15, 0.2) is 0 Å². The quantitative estimate of drug-likeness (QED) is 0.743. The second-order valence-corrected chi connectivity index (χ2v) is 4.66. The Morgan fingerprint density at radius 1 is 1.53 bits per heavy atom. The Hall–Kier alpha value is -1.79. The van der Waals surface area contributed by atoms with Crippen LogP contribution >= 0.6 is 0 Å². The zero-order valence-corrected chi connectivity index (χ0v) is 11.4. The van der Waals surface area contributed by atoms with Crippen LogP contribution in [0.4, 0.5) is 4.79 Å². The predicted octanol–water partition coefficient (Wildman–Crippen LogP) is 0.113. The van der Waals surface area contributed by atoms with Gasteiger partial charge in [-0.05, 0) is 6.42 Å². The van der Waals surface area contributed by atoms with Crippen LogP contribution in [0.25, 0.3) is 0 Å². The van der Waals surface area contributed by atoms with E-state index >= 15 is 0 Å². The molecule has 0 radical (unpaired) electrons. The van der Waals surface area contributed by atoms with Gasteiger partial charge >= 0.3 is 12.0 Å². The lowest BCUT2D eigenvalue weighted by molar-refractivity contribution is -0.142. The first-order chi connectivity index (χ1) is 8.97. The van der Waals surface area contributed by atoms with Crippen molar-refractivity contribution in [1.82, 2.24) is 15.1 Å². The van der Waals surface area contributed by atoms with E-state index in [0.29, 0.717) is 19.6 Å². The van der Waals surface area contributed by atoms with E-state index in [1.165, 1.54) is 9.80 Å². The molecule has 1 rings (SSSR count). The van der Waals surface area contributed by atoms with Crippen LogP contribution in [0, 0.1) is 0 Å². The average molecular weight is 271 g/mol. The molecule has 1 heterocycles. The molecule has 1 saturated heterocycles. The van der Waals surface area contributed by atoms with Gasteiger partial charge in [-0.3, -0.25) is 9.59 Å². The lowest BCUT2D eigenvalue weighted by Gasteiger charge is -2.36. The highest BCUT2D eigenvalue weighted by molar-refractivity contribution is 5.91. The number of hydrogen-bond acceptors (Lipinski definition) is 3. The second kappa shape index (κ2) is 6.96. The lowest BCUT2D eigenvalue weighted by atomic mass is 10.1. The Balaban J connectivity index is 2.73. The molecule has 1 fully saturated rings. The van der Waals surface area contributed by atoms with Crippen LogP contribution in [-0.2, 0) is 9.59 Å². The maximum Gasteiger partial charge on any atom is 0.320 e. The van der Waals surface area contributed by atoms with E-state index in [9.17, 15) is 14.4 Å². The molecule has 0 aliphatic carbocycles. The maximum atomic E-state index is 12.2. The van der Waals surface area contributed by atoms with Crippen LogP contribution in [0.3, 0.4) is 0 Å². The molecule has 7 nitrogen and oxygen atoms in total. The molecule has 0 aromatic heterocycles. The normalized spacial score (nSPS) is 18.9. The number of nitrogens with zero attached hydrogens (tertiary/aromatic N) is 2. The Bertz CT molecular complexity index is 359. The highest BCUT2D eigenvalue weighted by Crippen LogP contribution is 2.12. The molecule has 0 aromatic rings. The van der Waals surface area contributed by atoms with E-state index in [1.807, 2.05) is 6.92 Å². The molecule has 1 atom stereocenters. The largest absolute Gasteiger partial charge is 0.481 e. The van der Waals surface area contributed by atoms with Crippen LogP contribution in [-0.4, -0.2) is 65.5 Å². The van der Waals surface area contributed by atoms with E-state index in [0.717, 1.165) is 12.8 Å². The van der Waals surface area contributed by atoms with Gasteiger partial charge in [-0.25, -0.2) is 4.79 Å². The molecule has 7 heteroatoms. The van der Waals surface area contributed by atoms with Crippen LogP contribution in [0.2, 0.25) is 0 Å². The molecule has 1 unspecified atom stereocenters. The number of unbranched alkanes of at least 4 members (excludes halogenated alkanes) is 1. The van der Waals surface area contributed by atoms with Gasteiger partial charge in [-0.1, -0.05) is 13.3 Å². The lowest BCUT2D eigenvalue weighted by Crippen LogP contribution is -2.60. The number of hydrogen-bond donors (Lipinski definition) is 2. The Kier molecular flexibility index (Phi) is 5.59. The molecule has 1 aliphatic heterocycles. The van der Waals surface area contributed by atoms with Crippen molar-refractivity contribution in [2.45, 2.75) is 32.2 Å². The third-order valence-corrected chi connectivity index (χ3v) is 3.12. The van der Waals surface area contributed by atoms with Gasteiger partial charge < -0.3 is 20.2 Å². The van der Waals surface area contributed by atoms with Gasteiger partial charge in [0.25, 0.3) is 0 Å². The first-order valence-corrected chi connectivity index (χ1v) is 6.48. The highest BCUT2D eigenvalue weighted by atomic mass is 16.4. The Morgan fingerprint density at radius 3 is 2.79 bits per heavy atom. The molecule has 1 aliphatic rings. The molecule has 19 heavy (non-hydrogen) atoms. The summed E-state index contributed by atoms with van der Waals surface area (Å²) in [4.78, 5) is 37.6. The van der Waals surface area contributed by atoms with Crippen molar-refractivity contribution in [1.29, 1.82) is 0 Å². The molecule has 0 saturated carbocycles. The summed E-state index contributed by atoms with van der Waals surface area (Å²) in [5.74, 6) is -1.48. The number of nitrogens with one attached hydrogen (secondary N) is 1.